The normalized spacial score (nSPS) is 13.5. The van der Waals surface area contributed by atoms with Crippen molar-refractivity contribution in [1.82, 2.24) is 9.03 Å². The molecule has 108 valence electrons. The van der Waals surface area contributed by atoms with Crippen LogP contribution in [0.2, 0.25) is 0 Å². The maximum atomic E-state index is 11.9. The van der Waals surface area contributed by atoms with E-state index in [1.54, 1.807) is 32.2 Å². The van der Waals surface area contributed by atoms with E-state index in [1.807, 2.05) is 6.07 Å². The zero-order chi connectivity index (χ0) is 14.5. The van der Waals surface area contributed by atoms with Crippen molar-refractivity contribution in [2.75, 3.05) is 20.8 Å². The van der Waals surface area contributed by atoms with Gasteiger partial charge in [-0.15, -0.1) is 0 Å². The number of methoxy groups -OCH3 is 1. The van der Waals surface area contributed by atoms with Gasteiger partial charge in [0.25, 0.3) is 10.2 Å². The minimum Gasteiger partial charge on any atom is -0.497 e. The lowest BCUT2D eigenvalue weighted by Gasteiger charge is -2.20. The number of nitrogens with one attached hydrogen (secondary N) is 1. The van der Waals surface area contributed by atoms with Crippen molar-refractivity contribution in [2.24, 2.45) is 0 Å². The molecule has 7 heteroatoms. The van der Waals surface area contributed by atoms with Crippen molar-refractivity contribution in [2.45, 2.75) is 19.5 Å². The molecule has 0 fully saturated rings. The first-order valence-corrected chi connectivity index (χ1v) is 7.30. The van der Waals surface area contributed by atoms with E-state index in [9.17, 15) is 8.42 Å². The van der Waals surface area contributed by atoms with Gasteiger partial charge in [-0.25, -0.2) is 0 Å². The summed E-state index contributed by atoms with van der Waals surface area (Å²) in [5, 5.41) is 8.88. The highest BCUT2D eigenvalue weighted by Crippen LogP contribution is 2.14. The lowest BCUT2D eigenvalue weighted by atomic mass is 10.2. The van der Waals surface area contributed by atoms with Gasteiger partial charge in [-0.05, 0) is 24.6 Å². The van der Waals surface area contributed by atoms with E-state index < -0.39 is 16.3 Å². The maximum absolute atomic E-state index is 11.9. The largest absolute Gasteiger partial charge is 0.497 e. The van der Waals surface area contributed by atoms with E-state index in [-0.39, 0.29) is 13.2 Å². The minimum absolute atomic E-state index is 0.227. The van der Waals surface area contributed by atoms with Crippen LogP contribution < -0.4 is 9.46 Å². The van der Waals surface area contributed by atoms with Gasteiger partial charge in [-0.2, -0.15) is 17.4 Å². The summed E-state index contributed by atoms with van der Waals surface area (Å²) in [5.74, 6) is 0.681. The molecule has 2 N–H and O–H groups in total. The molecule has 6 nitrogen and oxygen atoms in total. The molecule has 0 aromatic heterocycles. The third-order valence-corrected chi connectivity index (χ3v) is 4.22. The number of aliphatic hydroxyl groups is 1. The Morgan fingerprint density at radius 2 is 2.16 bits per heavy atom. The van der Waals surface area contributed by atoms with Crippen molar-refractivity contribution < 1.29 is 18.3 Å². The standard InChI is InChI=1S/C12H20N2O4S/c1-10(9-15)13-19(16,17)14(2)8-11-5-4-6-12(7-11)18-3/h4-7,10,13,15H,8-9H2,1-3H3/t10-/m1/s1. The Bertz CT molecular complexity index is 504. The van der Waals surface area contributed by atoms with Crippen LogP contribution >= 0.6 is 0 Å². The molecule has 0 radical (unpaired) electrons. The summed E-state index contributed by atoms with van der Waals surface area (Å²) < 4.78 is 32.5. The number of nitrogens with zero attached hydrogens (tertiary/aromatic N) is 1. The Balaban J connectivity index is 2.75. The monoisotopic (exact) mass is 288 g/mol. The van der Waals surface area contributed by atoms with Crippen LogP contribution in [0.1, 0.15) is 12.5 Å². The smallest absolute Gasteiger partial charge is 0.279 e. The summed E-state index contributed by atoms with van der Waals surface area (Å²) in [6.45, 7) is 1.58. The van der Waals surface area contributed by atoms with Crippen LogP contribution in [0.5, 0.6) is 5.75 Å². The molecule has 1 aromatic rings. The predicted molar refractivity (Wildman–Crippen MR) is 73.1 cm³/mol. The average Bonchev–Trinajstić information content (AvgIpc) is 2.38. The molecule has 0 amide bonds. The molecule has 0 aliphatic carbocycles. The van der Waals surface area contributed by atoms with Gasteiger partial charge in [0, 0.05) is 19.6 Å². The van der Waals surface area contributed by atoms with Gasteiger partial charge in [-0.1, -0.05) is 12.1 Å². The number of ether oxygens (including phenoxy) is 1. The van der Waals surface area contributed by atoms with Gasteiger partial charge < -0.3 is 9.84 Å². The second-order valence-corrected chi connectivity index (χ2v) is 6.12. The first-order chi connectivity index (χ1) is 8.89. The molecule has 0 aliphatic heterocycles. The molecule has 19 heavy (non-hydrogen) atoms. The van der Waals surface area contributed by atoms with Crippen molar-refractivity contribution in [1.29, 1.82) is 0 Å². The van der Waals surface area contributed by atoms with Crippen LogP contribution in [0.4, 0.5) is 0 Å². The Hall–Kier alpha value is -1.15. The highest BCUT2D eigenvalue weighted by atomic mass is 32.2. The van der Waals surface area contributed by atoms with Gasteiger partial charge in [-0.3, -0.25) is 0 Å². The Kier molecular flexibility index (Phi) is 5.74. The molecular formula is C12H20N2O4S. The van der Waals surface area contributed by atoms with E-state index in [2.05, 4.69) is 4.72 Å². The van der Waals surface area contributed by atoms with Crippen LogP contribution in [0.15, 0.2) is 24.3 Å². The van der Waals surface area contributed by atoms with Gasteiger partial charge >= 0.3 is 0 Å². The molecule has 0 aliphatic rings. The third-order valence-electron chi connectivity index (χ3n) is 2.57. The SMILES string of the molecule is COc1cccc(CN(C)S(=O)(=O)N[C@H](C)CO)c1. The third kappa shape index (κ3) is 4.79. The Morgan fingerprint density at radius 3 is 2.74 bits per heavy atom. The average molecular weight is 288 g/mol. The maximum Gasteiger partial charge on any atom is 0.279 e. The fourth-order valence-corrected chi connectivity index (χ4v) is 2.58. The van der Waals surface area contributed by atoms with Gasteiger partial charge in [0.1, 0.15) is 5.75 Å². The summed E-state index contributed by atoms with van der Waals surface area (Å²) in [5.41, 5.74) is 0.823. The fourth-order valence-electron chi connectivity index (χ4n) is 1.49. The van der Waals surface area contributed by atoms with E-state index in [0.717, 1.165) is 5.56 Å². The van der Waals surface area contributed by atoms with Crippen LogP contribution in [0.3, 0.4) is 0 Å². The van der Waals surface area contributed by atoms with E-state index >= 15 is 0 Å². The number of aliphatic hydroxyl groups excluding tert-OH is 1. The van der Waals surface area contributed by atoms with Crippen LogP contribution in [0, 0.1) is 0 Å². The highest BCUT2D eigenvalue weighted by Gasteiger charge is 2.20. The Morgan fingerprint density at radius 1 is 1.47 bits per heavy atom. The molecule has 0 heterocycles. The summed E-state index contributed by atoms with van der Waals surface area (Å²) in [6, 6.07) is 6.69. The first-order valence-electron chi connectivity index (χ1n) is 5.86. The lowest BCUT2D eigenvalue weighted by Crippen LogP contribution is -2.43. The van der Waals surface area contributed by atoms with Gasteiger partial charge in [0.2, 0.25) is 0 Å². The second kappa shape index (κ2) is 6.85. The summed E-state index contributed by atoms with van der Waals surface area (Å²) in [6.07, 6.45) is 0. The summed E-state index contributed by atoms with van der Waals surface area (Å²) in [4.78, 5) is 0. The Labute approximate surface area is 114 Å². The minimum atomic E-state index is -3.61. The topological polar surface area (TPSA) is 78.9 Å². The molecule has 0 unspecified atom stereocenters. The molecule has 0 spiro atoms. The van der Waals surface area contributed by atoms with E-state index in [4.69, 9.17) is 9.84 Å². The number of hydrogen-bond donors (Lipinski definition) is 2. The second-order valence-electron chi connectivity index (χ2n) is 4.31. The van der Waals surface area contributed by atoms with Crippen LogP contribution in [-0.4, -0.2) is 44.6 Å². The fraction of sp³-hybridized carbons (Fsp3) is 0.500. The molecule has 1 rings (SSSR count). The molecule has 0 bridgehead atoms. The summed E-state index contributed by atoms with van der Waals surface area (Å²) >= 11 is 0. The van der Waals surface area contributed by atoms with Gasteiger partial charge in [0.05, 0.1) is 13.7 Å². The molecule has 0 saturated heterocycles. The van der Waals surface area contributed by atoms with Crippen molar-refractivity contribution in [3.05, 3.63) is 29.8 Å². The van der Waals surface area contributed by atoms with Crippen LogP contribution in [-0.2, 0) is 16.8 Å². The molecule has 0 saturated carbocycles. The van der Waals surface area contributed by atoms with Gasteiger partial charge in [0.15, 0.2) is 0 Å². The number of benzene rings is 1. The zero-order valence-electron chi connectivity index (χ0n) is 11.3. The lowest BCUT2D eigenvalue weighted by molar-refractivity contribution is 0.263. The molecule has 1 atom stereocenters. The number of rotatable bonds is 7. The van der Waals surface area contributed by atoms with Crippen molar-refractivity contribution >= 4 is 10.2 Å². The predicted octanol–water partition coefficient (Wildman–Crippen LogP) is 0.342. The zero-order valence-corrected chi connectivity index (χ0v) is 12.1. The quantitative estimate of drug-likeness (QED) is 0.758. The first kappa shape index (κ1) is 15.9. The molecular weight excluding hydrogens is 268 g/mol. The highest BCUT2D eigenvalue weighted by molar-refractivity contribution is 7.87. The summed E-state index contributed by atoms with van der Waals surface area (Å²) in [7, 11) is -0.569. The van der Waals surface area contributed by atoms with Crippen LogP contribution in [0.25, 0.3) is 0 Å². The van der Waals surface area contributed by atoms with Crippen molar-refractivity contribution in [3.63, 3.8) is 0 Å². The number of hydrogen-bond acceptors (Lipinski definition) is 4. The van der Waals surface area contributed by atoms with E-state index in [1.165, 1.54) is 11.4 Å². The van der Waals surface area contributed by atoms with E-state index in [0.29, 0.717) is 5.75 Å². The van der Waals surface area contributed by atoms with Crippen molar-refractivity contribution in [3.8, 4) is 5.75 Å². The molecule has 1 aromatic carbocycles.